The molecule has 0 bridgehead atoms. The largest absolute Gasteiger partial charge is 0.507 e. The Labute approximate surface area is 176 Å². The van der Waals surface area contributed by atoms with Crippen molar-refractivity contribution < 1.29 is 19.1 Å². The fourth-order valence-corrected chi connectivity index (χ4v) is 3.89. The number of nitrogens with zero attached hydrogens (tertiary/aromatic N) is 2. The number of carbonyl (C=O) groups excluding carboxylic acids is 2. The molecule has 2 aromatic carbocycles. The van der Waals surface area contributed by atoms with Gasteiger partial charge in [-0.2, -0.15) is 0 Å². The van der Waals surface area contributed by atoms with E-state index in [1.807, 2.05) is 0 Å². The predicted octanol–water partition coefficient (Wildman–Crippen LogP) is 3.98. The zero-order chi connectivity index (χ0) is 21.7. The number of carbonyl (C=O) groups is 2. The molecule has 1 heterocycles. The predicted molar refractivity (Wildman–Crippen MR) is 114 cm³/mol. The van der Waals surface area contributed by atoms with Crippen molar-refractivity contribution in [3.05, 3.63) is 77.1 Å². The minimum absolute atomic E-state index is 0.0702. The summed E-state index contributed by atoms with van der Waals surface area (Å²) >= 11 is 0. The Morgan fingerprint density at radius 3 is 2.30 bits per heavy atom. The summed E-state index contributed by atoms with van der Waals surface area (Å²) < 4.78 is 14.7. The summed E-state index contributed by atoms with van der Waals surface area (Å²) in [7, 11) is 0. The minimum atomic E-state index is -0.955. The quantitative estimate of drug-likeness (QED) is 0.406. The fraction of sp³-hybridized carbons (Fsp3) is 0.333. The lowest BCUT2D eigenvalue weighted by Crippen LogP contribution is -2.33. The van der Waals surface area contributed by atoms with Crippen LogP contribution >= 0.6 is 0 Å². The number of ketones is 1. The molecule has 30 heavy (non-hydrogen) atoms. The van der Waals surface area contributed by atoms with Crippen molar-refractivity contribution in [2.75, 3.05) is 26.2 Å². The van der Waals surface area contributed by atoms with E-state index in [1.165, 1.54) is 11.0 Å². The second-order valence-corrected chi connectivity index (χ2v) is 7.26. The Morgan fingerprint density at radius 2 is 1.67 bits per heavy atom. The van der Waals surface area contributed by atoms with E-state index in [2.05, 4.69) is 18.7 Å². The van der Waals surface area contributed by atoms with Gasteiger partial charge in [0.1, 0.15) is 11.6 Å². The monoisotopic (exact) mass is 410 g/mol. The van der Waals surface area contributed by atoms with Gasteiger partial charge in [0.05, 0.1) is 11.6 Å². The Morgan fingerprint density at radius 1 is 1.03 bits per heavy atom. The normalized spacial score (nSPS) is 18.4. The van der Waals surface area contributed by atoms with Crippen molar-refractivity contribution in [2.45, 2.75) is 26.3 Å². The average molecular weight is 410 g/mol. The zero-order valence-electron chi connectivity index (χ0n) is 17.3. The number of rotatable bonds is 8. The molecular formula is C24H27FN2O3. The van der Waals surface area contributed by atoms with E-state index >= 15 is 0 Å². The van der Waals surface area contributed by atoms with E-state index < -0.39 is 23.5 Å². The highest BCUT2D eigenvalue weighted by Gasteiger charge is 2.46. The molecule has 1 atom stereocenters. The molecule has 6 heteroatoms. The van der Waals surface area contributed by atoms with Crippen LogP contribution < -0.4 is 0 Å². The molecule has 3 rings (SSSR count). The summed E-state index contributed by atoms with van der Waals surface area (Å²) in [5.74, 6) is -2.29. The summed E-state index contributed by atoms with van der Waals surface area (Å²) in [5.41, 5.74) is 0.552. The summed E-state index contributed by atoms with van der Waals surface area (Å²) in [6.45, 7) is 6.97. The zero-order valence-corrected chi connectivity index (χ0v) is 17.3. The number of Topliss-reactive ketones (excluding diaryl/α,β-unsaturated/α-hetero) is 1. The maximum Gasteiger partial charge on any atom is 0.295 e. The van der Waals surface area contributed by atoms with Crippen molar-refractivity contribution in [1.82, 2.24) is 9.80 Å². The van der Waals surface area contributed by atoms with Gasteiger partial charge in [-0.25, -0.2) is 4.39 Å². The molecule has 0 saturated carbocycles. The van der Waals surface area contributed by atoms with Crippen LogP contribution in [-0.4, -0.2) is 52.8 Å². The second kappa shape index (κ2) is 9.67. The molecule has 0 radical (unpaired) electrons. The first-order valence-electron chi connectivity index (χ1n) is 10.3. The van der Waals surface area contributed by atoms with Crippen LogP contribution in [0.15, 0.2) is 60.2 Å². The molecule has 0 unspecified atom stereocenters. The summed E-state index contributed by atoms with van der Waals surface area (Å²) in [4.78, 5) is 29.4. The Kier molecular flexibility index (Phi) is 7.00. The van der Waals surface area contributed by atoms with Crippen molar-refractivity contribution in [2.24, 2.45) is 0 Å². The highest BCUT2D eigenvalue weighted by atomic mass is 19.1. The Bertz CT molecular complexity index is 938. The van der Waals surface area contributed by atoms with Crippen LogP contribution in [0.5, 0.6) is 0 Å². The third-order valence-corrected chi connectivity index (χ3v) is 5.55. The SMILES string of the molecule is CCN(CC)CCCN1C(=O)C(=O)/C(=C(/O)c2ccccc2)[C@H]1c1ccccc1F. The second-order valence-electron chi connectivity index (χ2n) is 7.26. The molecule has 1 N–H and O–H groups in total. The van der Waals surface area contributed by atoms with Gasteiger partial charge < -0.3 is 14.9 Å². The van der Waals surface area contributed by atoms with E-state index in [9.17, 15) is 19.1 Å². The van der Waals surface area contributed by atoms with E-state index in [-0.39, 0.29) is 16.9 Å². The molecular weight excluding hydrogens is 383 g/mol. The number of hydrogen-bond donors (Lipinski definition) is 1. The smallest absolute Gasteiger partial charge is 0.295 e. The van der Waals surface area contributed by atoms with Crippen molar-refractivity contribution in [3.63, 3.8) is 0 Å². The highest BCUT2D eigenvalue weighted by molar-refractivity contribution is 6.46. The maximum absolute atomic E-state index is 14.7. The minimum Gasteiger partial charge on any atom is -0.507 e. The molecule has 0 aromatic heterocycles. The third-order valence-electron chi connectivity index (χ3n) is 5.55. The van der Waals surface area contributed by atoms with Crippen molar-refractivity contribution in [3.8, 4) is 0 Å². The van der Waals surface area contributed by atoms with Crippen LogP contribution in [0.4, 0.5) is 4.39 Å². The number of hydrogen-bond acceptors (Lipinski definition) is 4. The number of halogens is 1. The molecule has 1 fully saturated rings. The fourth-order valence-electron chi connectivity index (χ4n) is 3.89. The van der Waals surface area contributed by atoms with Crippen LogP contribution in [0.3, 0.4) is 0 Å². The number of aliphatic hydroxyl groups excluding tert-OH is 1. The van der Waals surface area contributed by atoms with Crippen molar-refractivity contribution >= 4 is 17.4 Å². The molecule has 1 amide bonds. The van der Waals surface area contributed by atoms with E-state index in [0.29, 0.717) is 18.5 Å². The standard InChI is InChI=1S/C24H27FN2O3/c1-3-26(4-2)15-10-16-27-21(18-13-8-9-14-19(18)25)20(23(29)24(27)30)22(28)17-11-6-5-7-12-17/h5-9,11-14,21,28H,3-4,10,15-16H2,1-2H3/b22-20+/t21-/m1/s1. The summed E-state index contributed by atoms with van der Waals surface area (Å²) in [6, 6.07) is 13.7. The van der Waals surface area contributed by atoms with Gasteiger partial charge in [0, 0.05) is 17.7 Å². The lowest BCUT2D eigenvalue weighted by molar-refractivity contribution is -0.140. The maximum atomic E-state index is 14.7. The van der Waals surface area contributed by atoms with Crippen LogP contribution in [0.2, 0.25) is 0 Å². The number of amides is 1. The molecule has 5 nitrogen and oxygen atoms in total. The van der Waals surface area contributed by atoms with Crippen LogP contribution in [0.25, 0.3) is 5.76 Å². The molecule has 2 aromatic rings. The first-order chi connectivity index (χ1) is 14.5. The van der Waals surface area contributed by atoms with Crippen molar-refractivity contribution in [1.29, 1.82) is 0 Å². The Balaban J connectivity index is 2.03. The van der Waals surface area contributed by atoms with Gasteiger partial charge in [0.2, 0.25) is 0 Å². The van der Waals surface area contributed by atoms with Gasteiger partial charge >= 0.3 is 0 Å². The van der Waals surface area contributed by atoms with Crippen LogP contribution in [0, 0.1) is 5.82 Å². The van der Waals surface area contributed by atoms with Gasteiger partial charge in [0.25, 0.3) is 11.7 Å². The summed E-state index contributed by atoms with van der Waals surface area (Å²) in [5, 5.41) is 10.9. The molecule has 158 valence electrons. The first-order valence-corrected chi connectivity index (χ1v) is 10.3. The molecule has 0 aliphatic carbocycles. The van der Waals surface area contributed by atoms with E-state index in [0.717, 1.165) is 19.6 Å². The highest BCUT2D eigenvalue weighted by Crippen LogP contribution is 2.40. The first kappa shape index (κ1) is 21.7. The van der Waals surface area contributed by atoms with Gasteiger partial charge in [-0.1, -0.05) is 62.4 Å². The molecule has 1 aliphatic heterocycles. The lowest BCUT2D eigenvalue weighted by Gasteiger charge is -2.27. The third kappa shape index (κ3) is 4.28. The lowest BCUT2D eigenvalue weighted by atomic mass is 9.95. The topological polar surface area (TPSA) is 60.9 Å². The average Bonchev–Trinajstić information content (AvgIpc) is 3.02. The van der Waals surface area contributed by atoms with Gasteiger partial charge in [-0.15, -0.1) is 0 Å². The number of aliphatic hydroxyl groups is 1. The van der Waals surface area contributed by atoms with Crippen LogP contribution in [-0.2, 0) is 9.59 Å². The van der Waals surface area contributed by atoms with Gasteiger partial charge in [-0.3, -0.25) is 9.59 Å². The van der Waals surface area contributed by atoms with Crippen LogP contribution in [0.1, 0.15) is 37.4 Å². The number of benzene rings is 2. The Hall–Kier alpha value is -2.99. The summed E-state index contributed by atoms with van der Waals surface area (Å²) in [6.07, 6.45) is 0.644. The molecule has 1 saturated heterocycles. The van der Waals surface area contributed by atoms with E-state index in [1.54, 1.807) is 48.5 Å². The van der Waals surface area contributed by atoms with E-state index in [4.69, 9.17) is 0 Å². The van der Waals surface area contributed by atoms with Gasteiger partial charge in [0.15, 0.2) is 0 Å². The molecule has 0 spiro atoms. The molecule has 1 aliphatic rings. The number of likely N-dealkylation sites (tertiary alicyclic amines) is 1. The van der Waals surface area contributed by atoms with Gasteiger partial charge in [-0.05, 0) is 32.1 Å².